The van der Waals surface area contributed by atoms with Crippen LogP contribution in [0, 0.1) is 0 Å². The predicted octanol–water partition coefficient (Wildman–Crippen LogP) is 1.92. The number of hydrogen-bond donors (Lipinski definition) is 1. The summed E-state index contributed by atoms with van der Waals surface area (Å²) in [6, 6.07) is 0.432. The molecule has 2 rings (SSSR count). The molecular weight excluding hydrogens is 200 g/mol. The molecule has 2 aliphatic rings. The molecule has 0 atom stereocenters. The van der Waals surface area contributed by atoms with Gasteiger partial charge in [-0.3, -0.25) is 4.79 Å². The number of likely N-dealkylation sites (tertiary alicyclic amines) is 1. The number of carbonyl (C=O) groups excluding carboxylic acids is 1. The summed E-state index contributed by atoms with van der Waals surface area (Å²) in [4.78, 5) is 13.9. The van der Waals surface area contributed by atoms with Crippen molar-refractivity contribution in [3.05, 3.63) is 0 Å². The molecule has 1 N–H and O–H groups in total. The Morgan fingerprint density at radius 1 is 1.19 bits per heavy atom. The van der Waals surface area contributed by atoms with Gasteiger partial charge < -0.3 is 10.2 Å². The van der Waals surface area contributed by atoms with Crippen LogP contribution in [-0.2, 0) is 4.79 Å². The molecule has 0 saturated carbocycles. The third-order valence-corrected chi connectivity index (χ3v) is 3.72. The van der Waals surface area contributed by atoms with Crippen LogP contribution in [0.15, 0.2) is 0 Å². The topological polar surface area (TPSA) is 32.3 Å². The highest BCUT2D eigenvalue weighted by molar-refractivity contribution is 5.78. The molecular formula is C13H24N2O. The zero-order chi connectivity index (χ0) is 12.0. The lowest BCUT2D eigenvalue weighted by atomic mass is 9.79. The molecule has 0 aromatic rings. The first kappa shape index (κ1) is 11.9. The molecule has 2 fully saturated rings. The van der Waals surface area contributed by atoms with Gasteiger partial charge in [-0.25, -0.2) is 0 Å². The van der Waals surface area contributed by atoms with Crippen LogP contribution in [-0.4, -0.2) is 34.5 Å². The quantitative estimate of drug-likeness (QED) is 0.738. The molecule has 1 amide bonds. The fourth-order valence-electron chi connectivity index (χ4n) is 3.54. The first-order valence-electron chi connectivity index (χ1n) is 6.38. The fourth-order valence-corrected chi connectivity index (χ4v) is 3.54. The van der Waals surface area contributed by atoms with Crippen molar-refractivity contribution in [1.29, 1.82) is 0 Å². The van der Waals surface area contributed by atoms with Gasteiger partial charge >= 0.3 is 0 Å². The van der Waals surface area contributed by atoms with Crippen molar-refractivity contribution in [2.24, 2.45) is 0 Å². The molecule has 0 spiro atoms. The van der Waals surface area contributed by atoms with Crippen LogP contribution in [0.3, 0.4) is 0 Å². The van der Waals surface area contributed by atoms with Gasteiger partial charge in [-0.05, 0) is 47.0 Å². The molecule has 92 valence electrons. The van der Waals surface area contributed by atoms with E-state index in [2.05, 4.69) is 37.9 Å². The van der Waals surface area contributed by atoms with E-state index >= 15 is 0 Å². The molecule has 0 aliphatic carbocycles. The first-order chi connectivity index (χ1) is 7.29. The van der Waals surface area contributed by atoms with Crippen molar-refractivity contribution in [2.45, 2.75) is 70.5 Å². The van der Waals surface area contributed by atoms with Gasteiger partial charge in [0.2, 0.25) is 5.91 Å². The summed E-state index contributed by atoms with van der Waals surface area (Å²) in [5.74, 6) is 0.360. The van der Waals surface area contributed by atoms with Crippen molar-refractivity contribution < 1.29 is 4.79 Å². The maximum atomic E-state index is 11.8. The van der Waals surface area contributed by atoms with Gasteiger partial charge in [0.25, 0.3) is 0 Å². The summed E-state index contributed by atoms with van der Waals surface area (Å²) in [6.45, 7) is 9.92. The largest absolute Gasteiger partial charge is 0.340 e. The van der Waals surface area contributed by atoms with E-state index in [1.54, 1.807) is 0 Å². The van der Waals surface area contributed by atoms with Gasteiger partial charge in [0.05, 0.1) is 0 Å². The average Bonchev–Trinajstić information content (AvgIpc) is 2.45. The molecule has 16 heavy (non-hydrogen) atoms. The highest BCUT2D eigenvalue weighted by atomic mass is 16.2. The summed E-state index contributed by atoms with van der Waals surface area (Å²) >= 11 is 0. The second kappa shape index (κ2) is 3.73. The standard InChI is InChI=1S/C13H24N2O/c1-12(2)8-10(9-13(3,4)14-12)15-7-5-6-11(15)16/h10,14H,5-9H2,1-4H3. The van der Waals surface area contributed by atoms with E-state index in [0.29, 0.717) is 11.9 Å². The minimum atomic E-state index is 0.134. The minimum Gasteiger partial charge on any atom is -0.340 e. The Morgan fingerprint density at radius 3 is 2.19 bits per heavy atom. The van der Waals surface area contributed by atoms with Crippen molar-refractivity contribution >= 4 is 5.91 Å². The van der Waals surface area contributed by atoms with E-state index in [1.165, 1.54) is 0 Å². The van der Waals surface area contributed by atoms with E-state index in [0.717, 1.165) is 32.2 Å². The highest BCUT2D eigenvalue weighted by Crippen LogP contribution is 2.33. The van der Waals surface area contributed by atoms with Crippen molar-refractivity contribution in [2.75, 3.05) is 6.54 Å². The molecule has 0 aromatic heterocycles. The molecule has 3 nitrogen and oxygen atoms in total. The Morgan fingerprint density at radius 2 is 1.75 bits per heavy atom. The van der Waals surface area contributed by atoms with Gasteiger partial charge in [-0.15, -0.1) is 0 Å². The summed E-state index contributed by atoms with van der Waals surface area (Å²) < 4.78 is 0. The van der Waals surface area contributed by atoms with E-state index in [1.807, 2.05) is 0 Å². The maximum Gasteiger partial charge on any atom is 0.222 e. The number of carbonyl (C=O) groups is 1. The van der Waals surface area contributed by atoms with Crippen LogP contribution >= 0.6 is 0 Å². The Labute approximate surface area is 98.6 Å². The van der Waals surface area contributed by atoms with Crippen LogP contribution in [0.1, 0.15) is 53.4 Å². The molecule has 2 saturated heterocycles. The molecule has 0 radical (unpaired) electrons. The smallest absolute Gasteiger partial charge is 0.222 e. The normalized spacial score (nSPS) is 29.8. The summed E-state index contributed by atoms with van der Waals surface area (Å²) in [5.41, 5.74) is 0.268. The number of nitrogens with zero attached hydrogens (tertiary/aromatic N) is 1. The van der Waals surface area contributed by atoms with Crippen LogP contribution in [0.5, 0.6) is 0 Å². The minimum absolute atomic E-state index is 0.134. The Kier molecular flexibility index (Phi) is 2.77. The van der Waals surface area contributed by atoms with Crippen molar-refractivity contribution in [3.63, 3.8) is 0 Å². The zero-order valence-corrected chi connectivity index (χ0v) is 11.0. The second-order valence-electron chi connectivity index (χ2n) is 6.65. The van der Waals surface area contributed by atoms with E-state index in [-0.39, 0.29) is 11.1 Å². The van der Waals surface area contributed by atoms with Crippen LogP contribution in [0.2, 0.25) is 0 Å². The Bertz CT molecular complexity index is 280. The van der Waals surface area contributed by atoms with Gasteiger partial charge in [0, 0.05) is 30.1 Å². The van der Waals surface area contributed by atoms with Crippen molar-refractivity contribution in [3.8, 4) is 0 Å². The maximum absolute atomic E-state index is 11.8. The SMILES string of the molecule is CC1(C)CC(N2CCCC2=O)CC(C)(C)N1. The number of rotatable bonds is 1. The Balaban J connectivity index is 2.13. The van der Waals surface area contributed by atoms with Gasteiger partial charge in [0.15, 0.2) is 0 Å². The highest BCUT2D eigenvalue weighted by Gasteiger charge is 2.41. The van der Waals surface area contributed by atoms with Gasteiger partial charge in [0.1, 0.15) is 0 Å². The molecule has 2 heterocycles. The zero-order valence-electron chi connectivity index (χ0n) is 11.0. The monoisotopic (exact) mass is 224 g/mol. The number of amides is 1. The molecule has 0 aromatic carbocycles. The number of hydrogen-bond acceptors (Lipinski definition) is 2. The molecule has 0 unspecified atom stereocenters. The summed E-state index contributed by atoms with van der Waals surface area (Å²) in [5, 5.41) is 3.66. The predicted molar refractivity (Wildman–Crippen MR) is 65.3 cm³/mol. The van der Waals surface area contributed by atoms with Crippen LogP contribution in [0.25, 0.3) is 0 Å². The van der Waals surface area contributed by atoms with Crippen molar-refractivity contribution in [1.82, 2.24) is 10.2 Å². The third kappa shape index (κ3) is 2.40. The lowest BCUT2D eigenvalue weighted by Gasteiger charge is -2.49. The summed E-state index contributed by atoms with van der Waals surface area (Å²) in [7, 11) is 0. The van der Waals surface area contributed by atoms with Gasteiger partial charge in [-0.1, -0.05) is 0 Å². The average molecular weight is 224 g/mol. The number of piperidine rings is 1. The van der Waals surface area contributed by atoms with Crippen LogP contribution in [0.4, 0.5) is 0 Å². The molecule has 3 heteroatoms. The second-order valence-corrected chi connectivity index (χ2v) is 6.65. The molecule has 2 aliphatic heterocycles. The van der Waals surface area contributed by atoms with Gasteiger partial charge in [-0.2, -0.15) is 0 Å². The number of nitrogens with one attached hydrogen (secondary N) is 1. The van der Waals surface area contributed by atoms with Crippen LogP contribution < -0.4 is 5.32 Å². The Hall–Kier alpha value is -0.570. The third-order valence-electron chi connectivity index (χ3n) is 3.72. The lowest BCUT2D eigenvalue weighted by molar-refractivity contribution is -0.131. The first-order valence-corrected chi connectivity index (χ1v) is 6.38. The lowest BCUT2D eigenvalue weighted by Crippen LogP contribution is -2.62. The van der Waals surface area contributed by atoms with E-state index < -0.39 is 0 Å². The summed E-state index contributed by atoms with van der Waals surface area (Å²) in [6.07, 6.45) is 3.94. The van der Waals surface area contributed by atoms with E-state index in [4.69, 9.17) is 0 Å². The molecule has 0 bridgehead atoms. The fraction of sp³-hybridized carbons (Fsp3) is 0.923. The van der Waals surface area contributed by atoms with E-state index in [9.17, 15) is 4.79 Å².